The minimum atomic E-state index is 1.14. The van der Waals surface area contributed by atoms with Crippen LogP contribution in [0.15, 0.2) is 18.3 Å². The summed E-state index contributed by atoms with van der Waals surface area (Å²) in [4.78, 5) is 6.55. The van der Waals surface area contributed by atoms with Crippen LogP contribution in [0.25, 0.3) is 0 Å². The van der Waals surface area contributed by atoms with E-state index >= 15 is 0 Å². The van der Waals surface area contributed by atoms with Gasteiger partial charge in [0.1, 0.15) is 5.82 Å². The Kier molecular flexibility index (Phi) is 1.53. The van der Waals surface area contributed by atoms with Crippen LogP contribution in [0.5, 0.6) is 0 Å². The van der Waals surface area contributed by atoms with Crippen molar-refractivity contribution in [2.24, 2.45) is 0 Å². The molecule has 0 amide bonds. The van der Waals surface area contributed by atoms with E-state index in [2.05, 4.69) is 23.0 Å². The van der Waals surface area contributed by atoms with Gasteiger partial charge in [-0.25, -0.2) is 4.98 Å². The van der Waals surface area contributed by atoms with Crippen LogP contribution < -0.4 is 4.90 Å². The van der Waals surface area contributed by atoms with Gasteiger partial charge in [-0.05, 0) is 24.5 Å². The predicted octanol–water partition coefficient (Wildman–Crippen LogP) is 1.46. The van der Waals surface area contributed by atoms with E-state index in [9.17, 15) is 0 Å². The molecule has 2 heteroatoms. The molecule has 0 bridgehead atoms. The molecule has 1 aliphatic rings. The summed E-state index contributed by atoms with van der Waals surface area (Å²) in [6.45, 7) is 1.14. The van der Waals surface area contributed by atoms with Crippen LogP contribution in [0.2, 0.25) is 0 Å². The number of hydrogen-bond acceptors (Lipinski definition) is 2. The molecule has 0 unspecified atom stereocenters. The van der Waals surface area contributed by atoms with Crippen molar-refractivity contribution >= 4 is 5.82 Å². The van der Waals surface area contributed by atoms with Crippen molar-refractivity contribution < 1.29 is 0 Å². The minimum Gasteiger partial charge on any atom is -0.359 e. The number of rotatable bonds is 0. The van der Waals surface area contributed by atoms with Crippen molar-refractivity contribution in [3.63, 3.8) is 0 Å². The molecule has 1 aromatic rings. The Morgan fingerprint density at radius 3 is 3.27 bits per heavy atom. The van der Waals surface area contributed by atoms with Gasteiger partial charge in [-0.3, -0.25) is 0 Å². The van der Waals surface area contributed by atoms with Gasteiger partial charge in [0.25, 0.3) is 0 Å². The lowest BCUT2D eigenvalue weighted by atomic mass is 10.1. The summed E-state index contributed by atoms with van der Waals surface area (Å²) >= 11 is 0. The lowest BCUT2D eigenvalue weighted by Gasteiger charge is -2.25. The Hall–Kier alpha value is -1.05. The minimum absolute atomic E-state index is 1.14. The van der Waals surface area contributed by atoms with Crippen LogP contribution in [0, 0.1) is 0 Å². The molecule has 0 atom stereocenters. The van der Waals surface area contributed by atoms with E-state index in [-0.39, 0.29) is 0 Å². The molecular formula is C9H12N2. The maximum absolute atomic E-state index is 4.33. The molecule has 1 aromatic heterocycles. The molecule has 2 heterocycles. The summed E-state index contributed by atoms with van der Waals surface area (Å²) in [6, 6.07) is 4.18. The molecule has 0 aliphatic carbocycles. The van der Waals surface area contributed by atoms with Crippen molar-refractivity contribution in [2.75, 3.05) is 18.5 Å². The number of pyridine rings is 1. The lowest BCUT2D eigenvalue weighted by molar-refractivity contribution is 0.730. The van der Waals surface area contributed by atoms with E-state index in [1.807, 2.05) is 12.3 Å². The average Bonchev–Trinajstić information content (AvgIpc) is 2.06. The smallest absolute Gasteiger partial charge is 0.131 e. The molecule has 2 nitrogen and oxygen atoms in total. The third-order valence-corrected chi connectivity index (χ3v) is 2.17. The van der Waals surface area contributed by atoms with Gasteiger partial charge in [0.15, 0.2) is 0 Å². The Labute approximate surface area is 66.9 Å². The Balaban J connectivity index is 2.44. The fourth-order valence-corrected chi connectivity index (χ4v) is 1.58. The van der Waals surface area contributed by atoms with E-state index in [1.54, 1.807) is 0 Å². The molecule has 0 fully saturated rings. The zero-order valence-electron chi connectivity index (χ0n) is 6.75. The highest BCUT2D eigenvalue weighted by molar-refractivity contribution is 5.47. The first-order valence-corrected chi connectivity index (χ1v) is 4.03. The van der Waals surface area contributed by atoms with Crippen LogP contribution in [0.3, 0.4) is 0 Å². The molecule has 0 radical (unpaired) electrons. The SMILES string of the molecule is CN1CCCc2cccnc21. The number of fused-ring (bicyclic) bond motifs is 1. The van der Waals surface area contributed by atoms with Gasteiger partial charge in [0.05, 0.1) is 0 Å². The van der Waals surface area contributed by atoms with Gasteiger partial charge in [0, 0.05) is 19.8 Å². The Morgan fingerprint density at radius 2 is 2.45 bits per heavy atom. The van der Waals surface area contributed by atoms with Crippen LogP contribution in [-0.4, -0.2) is 18.6 Å². The number of hydrogen-bond donors (Lipinski definition) is 0. The standard InChI is InChI=1S/C9H12N2/c1-11-7-3-5-8-4-2-6-10-9(8)11/h2,4,6H,3,5,7H2,1H3. The predicted molar refractivity (Wildman–Crippen MR) is 45.8 cm³/mol. The fourth-order valence-electron chi connectivity index (χ4n) is 1.58. The van der Waals surface area contributed by atoms with E-state index in [0.717, 1.165) is 6.54 Å². The molecule has 2 rings (SSSR count). The van der Waals surface area contributed by atoms with Crippen LogP contribution in [0.1, 0.15) is 12.0 Å². The summed E-state index contributed by atoms with van der Waals surface area (Å²) < 4.78 is 0. The van der Waals surface area contributed by atoms with E-state index in [4.69, 9.17) is 0 Å². The molecule has 0 saturated carbocycles. The van der Waals surface area contributed by atoms with E-state index in [1.165, 1.54) is 24.2 Å². The average molecular weight is 148 g/mol. The zero-order valence-corrected chi connectivity index (χ0v) is 6.75. The van der Waals surface area contributed by atoms with Crippen molar-refractivity contribution in [3.8, 4) is 0 Å². The van der Waals surface area contributed by atoms with Gasteiger partial charge in [0.2, 0.25) is 0 Å². The Morgan fingerprint density at radius 1 is 1.55 bits per heavy atom. The van der Waals surface area contributed by atoms with Crippen molar-refractivity contribution in [1.82, 2.24) is 4.98 Å². The number of anilines is 1. The van der Waals surface area contributed by atoms with Gasteiger partial charge in [-0.15, -0.1) is 0 Å². The largest absolute Gasteiger partial charge is 0.359 e. The zero-order chi connectivity index (χ0) is 7.68. The normalized spacial score (nSPS) is 16.3. The maximum atomic E-state index is 4.33. The third kappa shape index (κ3) is 1.09. The lowest BCUT2D eigenvalue weighted by Crippen LogP contribution is -2.25. The molecule has 0 aromatic carbocycles. The van der Waals surface area contributed by atoms with Crippen molar-refractivity contribution in [1.29, 1.82) is 0 Å². The quantitative estimate of drug-likeness (QED) is 0.553. The Bertz CT molecular complexity index is 257. The van der Waals surface area contributed by atoms with Gasteiger partial charge >= 0.3 is 0 Å². The van der Waals surface area contributed by atoms with Gasteiger partial charge < -0.3 is 4.90 Å². The second kappa shape index (κ2) is 2.53. The summed E-state index contributed by atoms with van der Waals surface area (Å²) in [6.07, 6.45) is 4.31. The number of aromatic nitrogens is 1. The highest BCUT2D eigenvalue weighted by Crippen LogP contribution is 2.21. The fraction of sp³-hybridized carbons (Fsp3) is 0.444. The summed E-state index contributed by atoms with van der Waals surface area (Å²) in [5.41, 5.74) is 1.39. The highest BCUT2D eigenvalue weighted by Gasteiger charge is 2.12. The maximum Gasteiger partial charge on any atom is 0.131 e. The van der Waals surface area contributed by atoms with E-state index in [0.29, 0.717) is 0 Å². The highest BCUT2D eigenvalue weighted by atomic mass is 15.2. The van der Waals surface area contributed by atoms with Gasteiger partial charge in [-0.2, -0.15) is 0 Å². The summed E-state index contributed by atoms with van der Waals surface area (Å²) in [7, 11) is 2.10. The number of nitrogens with zero attached hydrogens (tertiary/aromatic N) is 2. The van der Waals surface area contributed by atoms with E-state index < -0.39 is 0 Å². The molecule has 58 valence electrons. The molecular weight excluding hydrogens is 136 g/mol. The summed E-state index contributed by atoms with van der Waals surface area (Å²) in [5.74, 6) is 1.17. The molecule has 1 aliphatic heterocycles. The summed E-state index contributed by atoms with van der Waals surface area (Å²) in [5, 5.41) is 0. The van der Waals surface area contributed by atoms with Crippen molar-refractivity contribution in [3.05, 3.63) is 23.9 Å². The molecule has 0 N–H and O–H groups in total. The molecule has 0 saturated heterocycles. The monoisotopic (exact) mass is 148 g/mol. The molecule has 0 spiro atoms. The third-order valence-electron chi connectivity index (χ3n) is 2.17. The van der Waals surface area contributed by atoms with Crippen molar-refractivity contribution in [2.45, 2.75) is 12.8 Å². The van der Waals surface area contributed by atoms with Crippen LogP contribution >= 0.6 is 0 Å². The second-order valence-electron chi connectivity index (χ2n) is 3.01. The number of aryl methyl sites for hydroxylation is 1. The first-order valence-electron chi connectivity index (χ1n) is 4.03. The topological polar surface area (TPSA) is 16.1 Å². The second-order valence-corrected chi connectivity index (χ2v) is 3.01. The first-order chi connectivity index (χ1) is 5.38. The van der Waals surface area contributed by atoms with Crippen LogP contribution in [0.4, 0.5) is 5.82 Å². The van der Waals surface area contributed by atoms with Crippen LogP contribution in [-0.2, 0) is 6.42 Å². The van der Waals surface area contributed by atoms with Gasteiger partial charge in [-0.1, -0.05) is 6.07 Å². The molecule has 11 heavy (non-hydrogen) atoms. The first kappa shape index (κ1) is 6.65.